The van der Waals surface area contributed by atoms with Crippen molar-refractivity contribution in [1.82, 2.24) is 9.78 Å². The predicted molar refractivity (Wildman–Crippen MR) is 108 cm³/mol. The Morgan fingerprint density at radius 1 is 1.24 bits per heavy atom. The lowest BCUT2D eigenvalue weighted by atomic mass is 10.2. The van der Waals surface area contributed by atoms with Gasteiger partial charge in [0.15, 0.2) is 5.69 Å². The smallest absolute Gasteiger partial charge is 0.358 e. The molecule has 0 bridgehead atoms. The molecule has 2 aromatic carbocycles. The van der Waals surface area contributed by atoms with Crippen molar-refractivity contribution in [2.45, 2.75) is 6.92 Å². The van der Waals surface area contributed by atoms with Crippen LogP contribution in [0.2, 0.25) is 0 Å². The summed E-state index contributed by atoms with van der Waals surface area (Å²) >= 11 is 3.09. The van der Waals surface area contributed by atoms with Gasteiger partial charge in [0.1, 0.15) is 0 Å². The Balaban J connectivity index is 1.80. The Bertz CT molecular complexity index is 1100. The summed E-state index contributed by atoms with van der Waals surface area (Å²) in [5, 5.41) is 17.9. The lowest BCUT2D eigenvalue weighted by molar-refractivity contribution is -0.385. The number of ether oxygens (including phenoxy) is 1. The average Bonchev–Trinajstić information content (AvgIpc) is 3.19. The minimum atomic E-state index is -0.569. The Hall–Kier alpha value is -3.53. The fraction of sp³-hybridized carbons (Fsp3) is 0.105. The molecule has 148 valence electrons. The van der Waals surface area contributed by atoms with Crippen LogP contribution in [0.15, 0.2) is 59.2 Å². The Kier molecular flexibility index (Phi) is 6.03. The molecule has 1 aromatic heterocycles. The van der Waals surface area contributed by atoms with Crippen LogP contribution in [-0.2, 0) is 4.74 Å². The van der Waals surface area contributed by atoms with E-state index in [1.807, 2.05) is 0 Å². The van der Waals surface area contributed by atoms with Crippen molar-refractivity contribution in [3.63, 3.8) is 0 Å². The first kappa shape index (κ1) is 20.2. The quantitative estimate of drug-likeness (QED) is 0.339. The Morgan fingerprint density at radius 2 is 2.03 bits per heavy atom. The number of nitro benzene ring substituents is 1. The van der Waals surface area contributed by atoms with Crippen LogP contribution in [0.25, 0.3) is 5.69 Å². The van der Waals surface area contributed by atoms with Gasteiger partial charge in [-0.3, -0.25) is 14.9 Å². The molecule has 9 nitrogen and oxygen atoms in total. The predicted octanol–water partition coefficient (Wildman–Crippen LogP) is 3.97. The second kappa shape index (κ2) is 8.65. The summed E-state index contributed by atoms with van der Waals surface area (Å²) in [6.07, 6.45) is 1.60. The lowest BCUT2D eigenvalue weighted by Crippen LogP contribution is -2.12. The first-order valence-corrected chi connectivity index (χ1v) is 9.27. The minimum Gasteiger partial charge on any atom is -0.461 e. The summed E-state index contributed by atoms with van der Waals surface area (Å²) in [7, 11) is 0. The highest BCUT2D eigenvalue weighted by Gasteiger charge is 2.16. The van der Waals surface area contributed by atoms with Gasteiger partial charge in [0.05, 0.1) is 21.7 Å². The first-order valence-electron chi connectivity index (χ1n) is 8.47. The van der Waals surface area contributed by atoms with Crippen molar-refractivity contribution < 1.29 is 19.2 Å². The highest BCUT2D eigenvalue weighted by Crippen LogP contribution is 2.26. The van der Waals surface area contributed by atoms with Gasteiger partial charge in [-0.25, -0.2) is 9.48 Å². The van der Waals surface area contributed by atoms with Crippen LogP contribution >= 0.6 is 15.9 Å². The molecule has 10 heteroatoms. The van der Waals surface area contributed by atoms with E-state index < -0.39 is 16.8 Å². The van der Waals surface area contributed by atoms with Crippen LogP contribution in [0.5, 0.6) is 0 Å². The van der Waals surface area contributed by atoms with E-state index in [9.17, 15) is 19.7 Å². The summed E-state index contributed by atoms with van der Waals surface area (Å²) in [5.74, 6) is -1.02. The number of hydrogen-bond donors (Lipinski definition) is 1. The zero-order valence-electron chi connectivity index (χ0n) is 15.2. The molecule has 0 aliphatic carbocycles. The summed E-state index contributed by atoms with van der Waals surface area (Å²) in [6, 6.07) is 12.5. The third kappa shape index (κ3) is 4.66. The Morgan fingerprint density at radius 3 is 2.76 bits per heavy atom. The fourth-order valence-corrected chi connectivity index (χ4v) is 2.90. The molecule has 0 saturated carbocycles. The summed E-state index contributed by atoms with van der Waals surface area (Å²) in [6.45, 7) is 1.96. The van der Waals surface area contributed by atoms with Gasteiger partial charge in [-0.2, -0.15) is 5.10 Å². The highest BCUT2D eigenvalue weighted by atomic mass is 79.9. The molecule has 0 aliphatic heterocycles. The third-order valence-corrected chi connectivity index (χ3v) is 4.52. The van der Waals surface area contributed by atoms with E-state index in [-0.39, 0.29) is 28.0 Å². The zero-order chi connectivity index (χ0) is 21.0. The van der Waals surface area contributed by atoms with Gasteiger partial charge in [0.25, 0.3) is 11.6 Å². The molecular formula is C19H15BrN4O5. The number of carbonyl (C=O) groups is 2. The number of halogens is 1. The van der Waals surface area contributed by atoms with E-state index in [0.29, 0.717) is 11.4 Å². The van der Waals surface area contributed by atoms with E-state index in [4.69, 9.17) is 4.74 Å². The number of esters is 1. The van der Waals surface area contributed by atoms with Gasteiger partial charge >= 0.3 is 5.97 Å². The third-order valence-electron chi connectivity index (χ3n) is 3.85. The Labute approximate surface area is 173 Å². The number of hydrogen-bond acceptors (Lipinski definition) is 6. The van der Waals surface area contributed by atoms with Crippen molar-refractivity contribution in [3.05, 3.63) is 80.6 Å². The maximum Gasteiger partial charge on any atom is 0.358 e. The SMILES string of the molecule is CCOC(=O)c1ccn(-c2cccc(NC(=O)c3ccc(Br)c([N+](=O)[O-])c3)c2)n1. The van der Waals surface area contributed by atoms with Crippen LogP contribution in [0.1, 0.15) is 27.8 Å². The number of carbonyl (C=O) groups excluding carboxylic acids is 2. The minimum absolute atomic E-state index is 0.147. The normalized spacial score (nSPS) is 10.4. The number of aromatic nitrogens is 2. The topological polar surface area (TPSA) is 116 Å². The second-order valence-electron chi connectivity index (χ2n) is 5.79. The van der Waals surface area contributed by atoms with Gasteiger partial charge < -0.3 is 10.1 Å². The molecule has 0 saturated heterocycles. The standard InChI is InChI=1S/C19H15BrN4O5/c1-2-29-19(26)16-8-9-23(22-16)14-5-3-4-13(11-14)21-18(25)12-6-7-15(20)17(10-12)24(27)28/h3-11H,2H2,1H3,(H,21,25). The number of nitrogens with one attached hydrogen (secondary N) is 1. The molecule has 0 radical (unpaired) electrons. The molecular weight excluding hydrogens is 444 g/mol. The van der Waals surface area contributed by atoms with Gasteiger partial charge in [0.2, 0.25) is 0 Å². The van der Waals surface area contributed by atoms with Crippen LogP contribution in [0.4, 0.5) is 11.4 Å². The van der Waals surface area contributed by atoms with Gasteiger partial charge in [0, 0.05) is 23.5 Å². The zero-order valence-corrected chi connectivity index (χ0v) is 16.8. The number of benzene rings is 2. The number of amides is 1. The molecule has 1 heterocycles. The van der Waals surface area contributed by atoms with E-state index in [1.165, 1.54) is 28.9 Å². The van der Waals surface area contributed by atoms with E-state index in [2.05, 4.69) is 26.3 Å². The van der Waals surface area contributed by atoms with Crippen LogP contribution in [0, 0.1) is 10.1 Å². The van der Waals surface area contributed by atoms with Gasteiger partial charge in [-0.05, 0) is 59.3 Å². The molecule has 1 amide bonds. The molecule has 0 atom stereocenters. The molecule has 3 aromatic rings. The van der Waals surface area contributed by atoms with Crippen molar-refractivity contribution in [2.75, 3.05) is 11.9 Å². The fourth-order valence-electron chi connectivity index (χ4n) is 2.50. The van der Waals surface area contributed by atoms with Crippen molar-refractivity contribution in [2.24, 2.45) is 0 Å². The summed E-state index contributed by atoms with van der Waals surface area (Å²) < 4.78 is 6.68. The first-order chi connectivity index (χ1) is 13.9. The summed E-state index contributed by atoms with van der Waals surface area (Å²) in [4.78, 5) is 34.7. The van der Waals surface area contributed by atoms with E-state index in [0.717, 1.165) is 0 Å². The lowest BCUT2D eigenvalue weighted by Gasteiger charge is -2.08. The maximum absolute atomic E-state index is 12.5. The maximum atomic E-state index is 12.5. The summed E-state index contributed by atoms with van der Waals surface area (Å²) in [5.41, 5.74) is 1.19. The molecule has 3 rings (SSSR count). The van der Waals surface area contributed by atoms with Gasteiger partial charge in [-0.1, -0.05) is 6.07 Å². The molecule has 0 spiro atoms. The van der Waals surface area contributed by atoms with Crippen molar-refractivity contribution >= 4 is 39.2 Å². The van der Waals surface area contributed by atoms with E-state index >= 15 is 0 Å². The molecule has 1 N–H and O–H groups in total. The molecule has 0 fully saturated rings. The average molecular weight is 459 g/mol. The molecule has 0 unspecified atom stereocenters. The largest absolute Gasteiger partial charge is 0.461 e. The van der Waals surface area contributed by atoms with Crippen LogP contribution in [0.3, 0.4) is 0 Å². The highest BCUT2D eigenvalue weighted by molar-refractivity contribution is 9.10. The van der Waals surface area contributed by atoms with Gasteiger partial charge in [-0.15, -0.1) is 0 Å². The van der Waals surface area contributed by atoms with E-state index in [1.54, 1.807) is 37.4 Å². The van der Waals surface area contributed by atoms with Crippen molar-refractivity contribution in [3.8, 4) is 5.69 Å². The van der Waals surface area contributed by atoms with Crippen LogP contribution in [-0.4, -0.2) is 33.2 Å². The van der Waals surface area contributed by atoms with Crippen LogP contribution < -0.4 is 5.32 Å². The number of nitrogens with zero attached hydrogens (tertiary/aromatic N) is 3. The molecule has 0 aliphatic rings. The monoisotopic (exact) mass is 458 g/mol. The number of rotatable bonds is 6. The number of nitro groups is 1. The number of anilines is 1. The second-order valence-corrected chi connectivity index (χ2v) is 6.65. The molecule has 29 heavy (non-hydrogen) atoms. The van der Waals surface area contributed by atoms with Crippen molar-refractivity contribution in [1.29, 1.82) is 0 Å².